The molecule has 3 rings (SSSR count). The third-order valence-electron chi connectivity index (χ3n) is 4.25. The summed E-state index contributed by atoms with van der Waals surface area (Å²) >= 11 is 12.1. The Morgan fingerprint density at radius 3 is 2.39 bits per heavy atom. The van der Waals surface area contributed by atoms with Gasteiger partial charge in [-0.05, 0) is 55.7 Å². The van der Waals surface area contributed by atoms with E-state index in [0.29, 0.717) is 0 Å². The largest absolute Gasteiger partial charge is 0.495 e. The van der Waals surface area contributed by atoms with Gasteiger partial charge in [-0.25, -0.2) is 8.42 Å². The first kappa shape index (κ1) is 20.8. The van der Waals surface area contributed by atoms with Crippen molar-refractivity contribution in [1.82, 2.24) is 5.32 Å². The Bertz CT molecular complexity index is 987. The predicted molar refractivity (Wildman–Crippen MR) is 110 cm³/mol. The molecule has 0 bridgehead atoms. The van der Waals surface area contributed by atoms with Gasteiger partial charge in [-0.15, -0.1) is 0 Å². The minimum absolute atomic E-state index is 0.0367. The number of carbonyl (C=O) groups is 1. The number of nitrogens with zero attached hydrogens (tertiary/aromatic N) is 1. The Balaban J connectivity index is 2.08. The van der Waals surface area contributed by atoms with E-state index in [9.17, 15) is 13.2 Å². The molecule has 150 valence electrons. The number of nitrogens with one attached hydrogen (secondary N) is 1. The van der Waals surface area contributed by atoms with Crippen molar-refractivity contribution in [2.24, 2.45) is 0 Å². The van der Waals surface area contributed by atoms with Gasteiger partial charge in [0.25, 0.3) is 10.0 Å². The Hall–Kier alpha value is -1.96. The first-order valence-electron chi connectivity index (χ1n) is 8.63. The van der Waals surface area contributed by atoms with Gasteiger partial charge in [0.15, 0.2) is 0 Å². The van der Waals surface area contributed by atoms with Crippen LogP contribution < -0.4 is 14.4 Å². The van der Waals surface area contributed by atoms with Crippen molar-refractivity contribution in [2.45, 2.75) is 30.7 Å². The summed E-state index contributed by atoms with van der Waals surface area (Å²) in [5.41, 5.74) is 0.942. The van der Waals surface area contributed by atoms with Crippen molar-refractivity contribution >= 4 is 44.8 Å². The quantitative estimate of drug-likeness (QED) is 0.707. The van der Waals surface area contributed by atoms with E-state index in [1.165, 1.54) is 31.4 Å². The van der Waals surface area contributed by atoms with Gasteiger partial charge in [-0.2, -0.15) is 0 Å². The maximum atomic E-state index is 13.5. The highest BCUT2D eigenvalue weighted by atomic mass is 35.5. The second-order valence-electron chi connectivity index (χ2n) is 6.64. The molecule has 6 nitrogen and oxygen atoms in total. The lowest BCUT2D eigenvalue weighted by atomic mass is 10.2. The van der Waals surface area contributed by atoms with Crippen molar-refractivity contribution < 1.29 is 17.9 Å². The number of hydrogen-bond donors (Lipinski definition) is 1. The van der Waals surface area contributed by atoms with E-state index in [1.54, 1.807) is 19.1 Å². The summed E-state index contributed by atoms with van der Waals surface area (Å²) in [6, 6.07) is 9.35. The van der Waals surface area contributed by atoms with Crippen molar-refractivity contribution in [2.75, 3.05) is 18.0 Å². The van der Waals surface area contributed by atoms with E-state index < -0.39 is 22.5 Å². The highest BCUT2D eigenvalue weighted by Gasteiger charge is 2.32. The molecule has 1 aliphatic rings. The van der Waals surface area contributed by atoms with Gasteiger partial charge in [0.05, 0.1) is 12.8 Å². The lowest BCUT2D eigenvalue weighted by molar-refractivity contribution is -0.119. The Morgan fingerprint density at radius 1 is 1.18 bits per heavy atom. The molecular formula is C19H20Cl2N2O4S. The highest BCUT2D eigenvalue weighted by molar-refractivity contribution is 7.93. The molecule has 2 aromatic rings. The van der Waals surface area contributed by atoms with Crippen molar-refractivity contribution in [3.8, 4) is 5.75 Å². The summed E-state index contributed by atoms with van der Waals surface area (Å²) in [7, 11) is -2.74. The average Bonchev–Trinajstić information content (AvgIpc) is 3.42. The third-order valence-corrected chi connectivity index (χ3v) is 6.48. The molecule has 0 spiro atoms. The van der Waals surface area contributed by atoms with Crippen LogP contribution in [0.15, 0.2) is 41.3 Å². The molecule has 0 radical (unpaired) electrons. The fraction of sp³-hybridized carbons (Fsp3) is 0.316. The number of amides is 1. The first-order chi connectivity index (χ1) is 13.2. The smallest absolute Gasteiger partial charge is 0.268 e. The fourth-order valence-electron chi connectivity index (χ4n) is 2.73. The molecule has 1 saturated carbocycles. The average molecular weight is 443 g/mol. The Labute approximate surface area is 174 Å². The Morgan fingerprint density at radius 2 is 1.82 bits per heavy atom. The standard InChI is InChI=1S/C19H20Cl2N2O4S/c1-12-3-6-17(27-2)18(7-12)28(25,26)23(11-19(24)22-15-4-5-15)16-9-13(20)8-14(21)10-16/h3,6-10,15H,4-5,11H2,1-2H3,(H,22,24). The molecular weight excluding hydrogens is 423 g/mol. The van der Waals surface area contributed by atoms with Crippen LogP contribution in [0.5, 0.6) is 5.75 Å². The molecule has 9 heteroatoms. The number of rotatable bonds is 7. The van der Waals surface area contributed by atoms with Crippen molar-refractivity contribution in [3.05, 3.63) is 52.0 Å². The second-order valence-corrected chi connectivity index (χ2v) is 9.34. The molecule has 1 fully saturated rings. The van der Waals surface area contributed by atoms with Gasteiger partial charge in [-0.1, -0.05) is 29.3 Å². The van der Waals surface area contributed by atoms with E-state index in [2.05, 4.69) is 5.32 Å². The lowest BCUT2D eigenvalue weighted by Gasteiger charge is -2.25. The van der Waals surface area contributed by atoms with Gasteiger partial charge >= 0.3 is 0 Å². The number of ether oxygens (including phenoxy) is 1. The van der Waals surface area contributed by atoms with Crippen LogP contribution in [0, 0.1) is 6.92 Å². The minimum atomic E-state index is -4.13. The van der Waals surface area contributed by atoms with Crippen LogP contribution >= 0.6 is 23.2 Å². The summed E-state index contributed by atoms with van der Waals surface area (Å²) in [5, 5.41) is 3.34. The second kappa shape index (κ2) is 8.19. The molecule has 0 atom stereocenters. The number of hydrogen-bond acceptors (Lipinski definition) is 4. The first-order valence-corrected chi connectivity index (χ1v) is 10.8. The van der Waals surface area contributed by atoms with E-state index in [0.717, 1.165) is 22.7 Å². The van der Waals surface area contributed by atoms with Crippen molar-refractivity contribution in [3.63, 3.8) is 0 Å². The van der Waals surface area contributed by atoms with E-state index >= 15 is 0 Å². The molecule has 0 aliphatic heterocycles. The summed E-state index contributed by atoms with van der Waals surface area (Å²) in [5.74, 6) is -0.208. The van der Waals surface area contributed by atoms with Gasteiger partial charge in [0.1, 0.15) is 17.2 Å². The number of benzene rings is 2. The maximum absolute atomic E-state index is 13.5. The van der Waals surface area contributed by atoms with Crippen LogP contribution in [0.25, 0.3) is 0 Å². The molecule has 1 amide bonds. The van der Waals surface area contributed by atoms with Crippen LogP contribution in [0.3, 0.4) is 0 Å². The number of methoxy groups -OCH3 is 1. The summed E-state index contributed by atoms with van der Waals surface area (Å²) < 4.78 is 33.2. The van der Waals surface area contributed by atoms with Crippen LogP contribution in [-0.2, 0) is 14.8 Å². The lowest BCUT2D eigenvalue weighted by Crippen LogP contribution is -2.41. The fourth-order valence-corrected chi connectivity index (χ4v) is 4.90. The van der Waals surface area contributed by atoms with E-state index in [-0.39, 0.29) is 32.4 Å². The zero-order chi connectivity index (χ0) is 20.5. The topological polar surface area (TPSA) is 75.7 Å². The summed E-state index contributed by atoms with van der Waals surface area (Å²) in [4.78, 5) is 12.4. The molecule has 0 aromatic heterocycles. The Kier molecular flexibility index (Phi) is 6.07. The van der Waals surface area contributed by atoms with Crippen LogP contribution in [-0.4, -0.2) is 34.0 Å². The SMILES string of the molecule is COc1ccc(C)cc1S(=O)(=O)N(CC(=O)NC1CC1)c1cc(Cl)cc(Cl)c1. The number of carbonyl (C=O) groups excluding carboxylic acids is 1. The molecule has 1 aliphatic carbocycles. The van der Waals surface area contributed by atoms with E-state index in [1.807, 2.05) is 0 Å². The van der Waals surface area contributed by atoms with Gasteiger partial charge in [0, 0.05) is 16.1 Å². The molecule has 28 heavy (non-hydrogen) atoms. The van der Waals surface area contributed by atoms with Gasteiger partial charge in [0.2, 0.25) is 5.91 Å². The maximum Gasteiger partial charge on any atom is 0.268 e. The molecule has 0 heterocycles. The monoisotopic (exact) mass is 442 g/mol. The zero-order valence-electron chi connectivity index (χ0n) is 15.4. The van der Waals surface area contributed by atoms with Gasteiger partial charge in [-0.3, -0.25) is 9.10 Å². The van der Waals surface area contributed by atoms with Crippen molar-refractivity contribution in [1.29, 1.82) is 0 Å². The normalized spacial score (nSPS) is 13.9. The highest BCUT2D eigenvalue weighted by Crippen LogP contribution is 2.33. The third kappa shape index (κ3) is 4.71. The number of aryl methyl sites for hydroxylation is 1. The summed E-state index contributed by atoms with van der Waals surface area (Å²) in [6.07, 6.45) is 1.79. The molecule has 2 aromatic carbocycles. The van der Waals surface area contributed by atoms with Gasteiger partial charge < -0.3 is 10.1 Å². The number of sulfonamides is 1. The number of halogens is 2. The van der Waals surface area contributed by atoms with Crippen LogP contribution in [0.2, 0.25) is 10.0 Å². The van der Waals surface area contributed by atoms with Crippen LogP contribution in [0.4, 0.5) is 5.69 Å². The summed E-state index contributed by atoms with van der Waals surface area (Å²) in [6.45, 7) is 1.38. The van der Waals surface area contributed by atoms with Crippen LogP contribution in [0.1, 0.15) is 18.4 Å². The zero-order valence-corrected chi connectivity index (χ0v) is 17.7. The predicted octanol–water partition coefficient (Wildman–Crippen LogP) is 3.78. The molecule has 0 unspecified atom stereocenters. The minimum Gasteiger partial charge on any atom is -0.495 e. The molecule has 1 N–H and O–H groups in total. The molecule has 0 saturated heterocycles. The number of anilines is 1. The van der Waals surface area contributed by atoms with E-state index in [4.69, 9.17) is 27.9 Å².